The molecule has 2 aromatic carbocycles. The Bertz CT molecular complexity index is 451. The van der Waals surface area contributed by atoms with E-state index >= 15 is 0 Å². The molecule has 0 unspecified atom stereocenters. The van der Waals surface area contributed by atoms with Crippen molar-refractivity contribution in [2.75, 3.05) is 6.61 Å². The fourth-order valence-electron chi connectivity index (χ4n) is 1.70. The third-order valence-electron chi connectivity index (χ3n) is 2.56. The molecular formula is C13H14O2. The Hall–Kier alpha value is -1.38. The smallest absolute Gasteiger partial charge is 0.0812 e. The summed E-state index contributed by atoms with van der Waals surface area (Å²) in [5.41, 5.74) is 0.864. The molecule has 2 aromatic rings. The fourth-order valence-corrected chi connectivity index (χ4v) is 1.70. The number of rotatable bonds is 3. The summed E-state index contributed by atoms with van der Waals surface area (Å²) in [6.45, 7) is 0.00793. The molecule has 0 spiro atoms. The molecule has 2 nitrogen and oxygen atoms in total. The molecule has 2 heteroatoms. The molecule has 0 aliphatic carbocycles. The molecule has 0 aliphatic heterocycles. The van der Waals surface area contributed by atoms with Gasteiger partial charge in [-0.3, -0.25) is 0 Å². The van der Waals surface area contributed by atoms with Crippen molar-refractivity contribution in [3.05, 3.63) is 48.0 Å². The van der Waals surface area contributed by atoms with Crippen LogP contribution in [0.3, 0.4) is 0 Å². The van der Waals surface area contributed by atoms with Crippen molar-refractivity contribution in [3.8, 4) is 0 Å². The highest BCUT2D eigenvalue weighted by molar-refractivity contribution is 5.83. The standard InChI is InChI=1S/C13H14O2/c14-8-7-13(15)12-6-5-10-3-1-2-4-11(10)9-12/h1-6,9,13-15H,7-8H2/t13-/m0/s1. The van der Waals surface area contributed by atoms with Crippen LogP contribution in [0.1, 0.15) is 18.1 Å². The highest BCUT2D eigenvalue weighted by Crippen LogP contribution is 2.21. The van der Waals surface area contributed by atoms with E-state index in [1.165, 1.54) is 0 Å². The Morgan fingerprint density at radius 2 is 1.73 bits per heavy atom. The molecule has 0 saturated carbocycles. The molecule has 78 valence electrons. The molecule has 2 N–H and O–H groups in total. The van der Waals surface area contributed by atoms with Crippen molar-refractivity contribution in [1.29, 1.82) is 0 Å². The average Bonchev–Trinajstić information content (AvgIpc) is 2.29. The Morgan fingerprint density at radius 3 is 2.47 bits per heavy atom. The number of benzene rings is 2. The van der Waals surface area contributed by atoms with E-state index < -0.39 is 6.10 Å². The molecule has 0 amide bonds. The highest BCUT2D eigenvalue weighted by atomic mass is 16.3. The molecule has 0 radical (unpaired) electrons. The van der Waals surface area contributed by atoms with Crippen LogP contribution in [0.15, 0.2) is 42.5 Å². The lowest BCUT2D eigenvalue weighted by molar-refractivity contribution is 0.134. The number of hydrogen-bond donors (Lipinski definition) is 2. The first-order valence-corrected chi connectivity index (χ1v) is 5.09. The highest BCUT2D eigenvalue weighted by Gasteiger charge is 2.06. The maximum absolute atomic E-state index is 9.72. The minimum Gasteiger partial charge on any atom is -0.396 e. The summed E-state index contributed by atoms with van der Waals surface area (Å²) < 4.78 is 0. The van der Waals surface area contributed by atoms with E-state index in [1.54, 1.807) is 0 Å². The van der Waals surface area contributed by atoms with Gasteiger partial charge in [-0.05, 0) is 22.4 Å². The van der Waals surface area contributed by atoms with E-state index in [0.29, 0.717) is 6.42 Å². The van der Waals surface area contributed by atoms with Crippen LogP contribution in [0.4, 0.5) is 0 Å². The first-order valence-electron chi connectivity index (χ1n) is 5.09. The van der Waals surface area contributed by atoms with E-state index in [1.807, 2.05) is 42.5 Å². The zero-order valence-electron chi connectivity index (χ0n) is 8.43. The maximum atomic E-state index is 9.72. The van der Waals surface area contributed by atoms with Crippen LogP contribution in [-0.4, -0.2) is 16.8 Å². The number of fused-ring (bicyclic) bond motifs is 1. The summed E-state index contributed by atoms with van der Waals surface area (Å²) in [4.78, 5) is 0. The van der Waals surface area contributed by atoms with E-state index in [2.05, 4.69) is 0 Å². The van der Waals surface area contributed by atoms with Gasteiger partial charge in [0, 0.05) is 13.0 Å². The van der Waals surface area contributed by atoms with E-state index in [0.717, 1.165) is 16.3 Å². The lowest BCUT2D eigenvalue weighted by atomic mass is 10.0. The third-order valence-corrected chi connectivity index (χ3v) is 2.56. The molecule has 0 bridgehead atoms. The molecule has 15 heavy (non-hydrogen) atoms. The van der Waals surface area contributed by atoms with Gasteiger partial charge in [0.05, 0.1) is 6.10 Å². The molecule has 0 heterocycles. The molecule has 0 saturated heterocycles. The first kappa shape index (κ1) is 10.1. The molecular weight excluding hydrogens is 188 g/mol. The lowest BCUT2D eigenvalue weighted by Gasteiger charge is -2.10. The summed E-state index contributed by atoms with van der Waals surface area (Å²) >= 11 is 0. The van der Waals surface area contributed by atoms with E-state index in [9.17, 15) is 5.11 Å². The van der Waals surface area contributed by atoms with Crippen molar-refractivity contribution in [1.82, 2.24) is 0 Å². The zero-order chi connectivity index (χ0) is 10.7. The van der Waals surface area contributed by atoms with Gasteiger partial charge in [-0.1, -0.05) is 36.4 Å². The lowest BCUT2D eigenvalue weighted by Crippen LogP contribution is -1.99. The van der Waals surface area contributed by atoms with Crippen LogP contribution in [0, 0.1) is 0 Å². The second-order valence-electron chi connectivity index (χ2n) is 3.63. The quantitative estimate of drug-likeness (QED) is 0.801. The molecule has 0 fully saturated rings. The Labute approximate surface area is 88.8 Å². The van der Waals surface area contributed by atoms with Crippen LogP contribution < -0.4 is 0 Å². The van der Waals surface area contributed by atoms with Gasteiger partial charge in [0.15, 0.2) is 0 Å². The third kappa shape index (κ3) is 2.17. The SMILES string of the molecule is OCC[C@H](O)c1ccc2ccccc2c1. The van der Waals surface area contributed by atoms with Crippen LogP contribution in [-0.2, 0) is 0 Å². The Balaban J connectivity index is 2.38. The summed E-state index contributed by atoms with van der Waals surface area (Å²) in [6, 6.07) is 13.9. The van der Waals surface area contributed by atoms with Gasteiger partial charge in [-0.15, -0.1) is 0 Å². The minimum absolute atomic E-state index is 0.00793. The van der Waals surface area contributed by atoms with E-state index in [-0.39, 0.29) is 6.61 Å². The first-order chi connectivity index (χ1) is 7.31. The number of aliphatic hydroxyl groups excluding tert-OH is 2. The maximum Gasteiger partial charge on any atom is 0.0812 e. The van der Waals surface area contributed by atoms with Gasteiger partial charge < -0.3 is 10.2 Å². The topological polar surface area (TPSA) is 40.5 Å². The molecule has 0 aromatic heterocycles. The zero-order valence-corrected chi connectivity index (χ0v) is 8.43. The largest absolute Gasteiger partial charge is 0.396 e. The second kappa shape index (κ2) is 4.43. The van der Waals surface area contributed by atoms with Crippen molar-refractivity contribution < 1.29 is 10.2 Å². The van der Waals surface area contributed by atoms with Gasteiger partial charge in [0.2, 0.25) is 0 Å². The van der Waals surface area contributed by atoms with Crippen LogP contribution >= 0.6 is 0 Å². The predicted molar refractivity (Wildman–Crippen MR) is 60.6 cm³/mol. The van der Waals surface area contributed by atoms with Crippen LogP contribution in [0.25, 0.3) is 10.8 Å². The second-order valence-corrected chi connectivity index (χ2v) is 3.63. The van der Waals surface area contributed by atoms with Gasteiger partial charge in [0.1, 0.15) is 0 Å². The van der Waals surface area contributed by atoms with Crippen LogP contribution in [0.2, 0.25) is 0 Å². The van der Waals surface area contributed by atoms with Crippen LogP contribution in [0.5, 0.6) is 0 Å². The molecule has 0 aliphatic rings. The Morgan fingerprint density at radius 1 is 1.00 bits per heavy atom. The van der Waals surface area contributed by atoms with Crippen molar-refractivity contribution in [2.24, 2.45) is 0 Å². The Kier molecular flexibility index (Phi) is 2.99. The summed E-state index contributed by atoms with van der Waals surface area (Å²) in [5, 5.41) is 20.8. The summed E-state index contributed by atoms with van der Waals surface area (Å²) in [5.74, 6) is 0. The normalized spacial score (nSPS) is 12.9. The fraction of sp³-hybridized carbons (Fsp3) is 0.231. The van der Waals surface area contributed by atoms with E-state index in [4.69, 9.17) is 5.11 Å². The molecule has 2 rings (SSSR count). The minimum atomic E-state index is -0.570. The summed E-state index contributed by atoms with van der Waals surface area (Å²) in [7, 11) is 0. The van der Waals surface area contributed by atoms with Gasteiger partial charge in [0.25, 0.3) is 0 Å². The number of hydrogen-bond acceptors (Lipinski definition) is 2. The monoisotopic (exact) mass is 202 g/mol. The summed E-state index contributed by atoms with van der Waals surface area (Å²) in [6.07, 6.45) is -0.183. The van der Waals surface area contributed by atoms with Gasteiger partial charge >= 0.3 is 0 Å². The van der Waals surface area contributed by atoms with Crippen molar-refractivity contribution in [3.63, 3.8) is 0 Å². The van der Waals surface area contributed by atoms with Crippen molar-refractivity contribution >= 4 is 10.8 Å². The predicted octanol–water partition coefficient (Wildman–Crippen LogP) is 2.26. The average molecular weight is 202 g/mol. The van der Waals surface area contributed by atoms with Gasteiger partial charge in [-0.2, -0.15) is 0 Å². The number of aliphatic hydroxyl groups is 2. The van der Waals surface area contributed by atoms with Gasteiger partial charge in [-0.25, -0.2) is 0 Å². The molecule has 1 atom stereocenters. The van der Waals surface area contributed by atoms with Crippen molar-refractivity contribution in [2.45, 2.75) is 12.5 Å².